The lowest BCUT2D eigenvalue weighted by Gasteiger charge is -2.25. The molecule has 2 aromatic rings. The molecule has 0 radical (unpaired) electrons. The summed E-state index contributed by atoms with van der Waals surface area (Å²) >= 11 is 5.04. The molecule has 1 aromatic heterocycles. The van der Waals surface area contributed by atoms with Crippen LogP contribution in [0.15, 0.2) is 36.4 Å². The third-order valence-corrected chi connectivity index (χ3v) is 3.67. The molecular formula is C15H19N3S. The average Bonchev–Trinajstić information content (AvgIpc) is 2.43. The monoisotopic (exact) mass is 273 g/mol. The lowest BCUT2D eigenvalue weighted by molar-refractivity contribution is 0.701. The number of aromatic nitrogens is 1. The maximum Gasteiger partial charge on any atom is 0.129 e. The summed E-state index contributed by atoms with van der Waals surface area (Å²) in [6, 6.07) is 12.3. The van der Waals surface area contributed by atoms with Crippen LogP contribution in [0, 0.1) is 5.92 Å². The number of thiocarbonyl (C=S) groups is 1. The van der Waals surface area contributed by atoms with E-state index in [4.69, 9.17) is 22.9 Å². The van der Waals surface area contributed by atoms with Crippen molar-refractivity contribution in [3.05, 3.63) is 36.4 Å². The van der Waals surface area contributed by atoms with E-state index in [0.29, 0.717) is 4.99 Å². The number of benzene rings is 1. The Morgan fingerprint density at radius 3 is 2.74 bits per heavy atom. The Bertz CT molecular complexity index is 582. The molecule has 0 fully saturated rings. The smallest absolute Gasteiger partial charge is 0.129 e. The molecule has 0 aliphatic carbocycles. The van der Waals surface area contributed by atoms with Gasteiger partial charge in [-0.2, -0.15) is 0 Å². The summed E-state index contributed by atoms with van der Waals surface area (Å²) in [5.41, 5.74) is 6.71. The van der Waals surface area contributed by atoms with E-state index in [2.05, 4.69) is 30.0 Å². The standard InChI is InChI=1S/C15H19N3S/c1-3-18(10-11(2)15(16)19)14-9-8-12-6-4-5-7-13(12)17-14/h4-9,11H,3,10H2,1-2H3,(H2,16,19). The van der Waals surface area contributed by atoms with Crippen molar-refractivity contribution in [3.63, 3.8) is 0 Å². The first-order valence-corrected chi connectivity index (χ1v) is 6.92. The van der Waals surface area contributed by atoms with Gasteiger partial charge in [0.15, 0.2) is 0 Å². The Kier molecular flexibility index (Phi) is 4.32. The fraction of sp³-hybridized carbons (Fsp3) is 0.333. The van der Waals surface area contributed by atoms with Crippen molar-refractivity contribution < 1.29 is 0 Å². The van der Waals surface area contributed by atoms with Crippen LogP contribution in [0.4, 0.5) is 5.82 Å². The molecule has 0 spiro atoms. The van der Waals surface area contributed by atoms with Crippen molar-refractivity contribution in [2.24, 2.45) is 11.7 Å². The zero-order valence-electron chi connectivity index (χ0n) is 11.3. The minimum absolute atomic E-state index is 0.184. The fourth-order valence-corrected chi connectivity index (χ4v) is 2.11. The molecular weight excluding hydrogens is 254 g/mol. The van der Waals surface area contributed by atoms with Crippen LogP contribution in [0.2, 0.25) is 0 Å². The molecule has 2 N–H and O–H groups in total. The van der Waals surface area contributed by atoms with Gasteiger partial charge in [-0.25, -0.2) is 4.98 Å². The number of fused-ring (bicyclic) bond motifs is 1. The maximum absolute atomic E-state index is 5.69. The molecule has 2 rings (SSSR count). The normalized spacial score (nSPS) is 12.3. The second-order valence-electron chi connectivity index (χ2n) is 4.70. The van der Waals surface area contributed by atoms with Crippen molar-refractivity contribution in [2.75, 3.05) is 18.0 Å². The highest BCUT2D eigenvalue weighted by atomic mass is 32.1. The molecule has 1 heterocycles. The van der Waals surface area contributed by atoms with E-state index in [1.807, 2.05) is 25.1 Å². The largest absolute Gasteiger partial charge is 0.393 e. The highest BCUT2D eigenvalue weighted by Crippen LogP contribution is 2.18. The molecule has 0 bridgehead atoms. The minimum Gasteiger partial charge on any atom is -0.393 e. The lowest BCUT2D eigenvalue weighted by Crippen LogP contribution is -2.34. The van der Waals surface area contributed by atoms with Gasteiger partial charge in [0.1, 0.15) is 5.82 Å². The van der Waals surface area contributed by atoms with Crippen LogP contribution in [0.3, 0.4) is 0 Å². The average molecular weight is 273 g/mol. The number of nitrogens with zero attached hydrogens (tertiary/aromatic N) is 2. The van der Waals surface area contributed by atoms with Gasteiger partial charge in [0.2, 0.25) is 0 Å². The van der Waals surface area contributed by atoms with E-state index in [0.717, 1.165) is 29.8 Å². The van der Waals surface area contributed by atoms with Crippen molar-refractivity contribution in [2.45, 2.75) is 13.8 Å². The van der Waals surface area contributed by atoms with Crippen molar-refractivity contribution in [1.82, 2.24) is 4.98 Å². The Balaban J connectivity index is 2.27. The van der Waals surface area contributed by atoms with Crippen molar-refractivity contribution in [1.29, 1.82) is 0 Å². The summed E-state index contributed by atoms with van der Waals surface area (Å²) in [6.45, 7) is 5.85. The Hall–Kier alpha value is -1.68. The Morgan fingerprint density at radius 2 is 2.05 bits per heavy atom. The summed E-state index contributed by atoms with van der Waals surface area (Å²) in [4.78, 5) is 7.46. The molecule has 4 heteroatoms. The molecule has 0 saturated carbocycles. The summed E-state index contributed by atoms with van der Waals surface area (Å²) in [5, 5.41) is 1.16. The Labute approximate surface area is 119 Å². The Morgan fingerprint density at radius 1 is 1.32 bits per heavy atom. The predicted molar refractivity (Wildman–Crippen MR) is 85.6 cm³/mol. The minimum atomic E-state index is 0.184. The number of hydrogen-bond donors (Lipinski definition) is 1. The van der Waals surface area contributed by atoms with Gasteiger partial charge in [0.25, 0.3) is 0 Å². The van der Waals surface area contributed by atoms with Crippen LogP contribution in [0.1, 0.15) is 13.8 Å². The SMILES string of the molecule is CCN(CC(C)C(N)=S)c1ccc2ccccc2n1. The van der Waals surface area contributed by atoms with Crippen molar-refractivity contribution in [3.8, 4) is 0 Å². The topological polar surface area (TPSA) is 42.1 Å². The molecule has 0 saturated heterocycles. The van der Waals surface area contributed by atoms with E-state index in [9.17, 15) is 0 Å². The van der Waals surface area contributed by atoms with Crippen LogP contribution >= 0.6 is 12.2 Å². The molecule has 1 atom stereocenters. The van der Waals surface area contributed by atoms with Gasteiger partial charge in [0.05, 0.1) is 10.5 Å². The number of para-hydroxylation sites is 1. The molecule has 3 nitrogen and oxygen atoms in total. The fourth-order valence-electron chi connectivity index (χ4n) is 2.04. The summed E-state index contributed by atoms with van der Waals surface area (Å²) in [7, 11) is 0. The first-order valence-electron chi connectivity index (χ1n) is 6.52. The third-order valence-electron chi connectivity index (χ3n) is 3.27. The first-order chi connectivity index (χ1) is 9.11. The van der Waals surface area contributed by atoms with Gasteiger partial charge in [-0.1, -0.05) is 37.3 Å². The lowest BCUT2D eigenvalue weighted by atomic mass is 10.1. The van der Waals surface area contributed by atoms with Crippen LogP contribution in [-0.2, 0) is 0 Å². The summed E-state index contributed by atoms with van der Waals surface area (Å²) < 4.78 is 0. The van der Waals surface area contributed by atoms with Crippen LogP contribution in [0.25, 0.3) is 10.9 Å². The molecule has 0 aliphatic rings. The second-order valence-corrected chi connectivity index (χ2v) is 5.18. The van der Waals surface area contributed by atoms with E-state index in [1.54, 1.807) is 0 Å². The molecule has 100 valence electrons. The van der Waals surface area contributed by atoms with E-state index in [-0.39, 0.29) is 5.92 Å². The number of anilines is 1. The van der Waals surface area contributed by atoms with Crippen LogP contribution in [-0.4, -0.2) is 23.1 Å². The number of nitrogens with two attached hydrogens (primary N) is 1. The zero-order chi connectivity index (χ0) is 13.8. The quantitative estimate of drug-likeness (QED) is 0.850. The first kappa shape index (κ1) is 13.7. The maximum atomic E-state index is 5.69. The number of hydrogen-bond acceptors (Lipinski definition) is 3. The van der Waals surface area contributed by atoms with Gasteiger partial charge < -0.3 is 10.6 Å². The molecule has 19 heavy (non-hydrogen) atoms. The van der Waals surface area contributed by atoms with Crippen LogP contribution in [0.5, 0.6) is 0 Å². The molecule has 1 aromatic carbocycles. The molecule has 0 amide bonds. The zero-order valence-corrected chi connectivity index (χ0v) is 12.2. The van der Waals surface area contributed by atoms with E-state index >= 15 is 0 Å². The highest BCUT2D eigenvalue weighted by molar-refractivity contribution is 7.80. The van der Waals surface area contributed by atoms with Gasteiger partial charge in [-0.3, -0.25) is 0 Å². The number of pyridine rings is 1. The van der Waals surface area contributed by atoms with Crippen molar-refractivity contribution >= 4 is 33.9 Å². The third kappa shape index (κ3) is 3.20. The summed E-state index contributed by atoms with van der Waals surface area (Å²) in [6.07, 6.45) is 0. The van der Waals surface area contributed by atoms with Gasteiger partial charge in [0, 0.05) is 24.4 Å². The van der Waals surface area contributed by atoms with Gasteiger partial charge >= 0.3 is 0 Å². The molecule has 0 aliphatic heterocycles. The van der Waals surface area contributed by atoms with Gasteiger partial charge in [-0.15, -0.1) is 0 Å². The summed E-state index contributed by atoms with van der Waals surface area (Å²) in [5.74, 6) is 1.16. The number of rotatable bonds is 5. The van der Waals surface area contributed by atoms with Gasteiger partial charge in [-0.05, 0) is 25.1 Å². The van der Waals surface area contributed by atoms with E-state index in [1.165, 1.54) is 0 Å². The highest BCUT2D eigenvalue weighted by Gasteiger charge is 2.12. The van der Waals surface area contributed by atoms with Crippen LogP contribution < -0.4 is 10.6 Å². The predicted octanol–water partition coefficient (Wildman–Crippen LogP) is 2.98. The van der Waals surface area contributed by atoms with E-state index < -0.39 is 0 Å². The molecule has 1 unspecified atom stereocenters. The second kappa shape index (κ2) is 5.97.